The first kappa shape index (κ1) is 15.2. The van der Waals surface area contributed by atoms with Gasteiger partial charge in [0.25, 0.3) is 0 Å². The Balaban J connectivity index is 2.15. The molecule has 0 saturated heterocycles. The Morgan fingerprint density at radius 3 is 2.95 bits per heavy atom. The third-order valence-corrected chi connectivity index (χ3v) is 3.72. The number of hydrogen-bond donors (Lipinski definition) is 1. The summed E-state index contributed by atoms with van der Waals surface area (Å²) in [7, 11) is 1.74. The predicted octanol–water partition coefficient (Wildman–Crippen LogP) is 3.79. The van der Waals surface area contributed by atoms with Crippen molar-refractivity contribution in [2.75, 3.05) is 13.7 Å². The number of benzene rings is 1. The third-order valence-electron chi connectivity index (χ3n) is 3.39. The lowest BCUT2D eigenvalue weighted by Gasteiger charge is -2.17. The summed E-state index contributed by atoms with van der Waals surface area (Å²) in [5.74, 6) is 0. The number of nitrogens with one attached hydrogen (secondary N) is 1. The van der Waals surface area contributed by atoms with E-state index in [2.05, 4.69) is 17.2 Å². The fourth-order valence-electron chi connectivity index (χ4n) is 2.39. The second kappa shape index (κ2) is 7.58. The van der Waals surface area contributed by atoms with E-state index in [-0.39, 0.29) is 0 Å². The molecule has 1 aromatic heterocycles. The van der Waals surface area contributed by atoms with E-state index in [0.717, 1.165) is 41.9 Å². The lowest BCUT2D eigenvalue weighted by Crippen LogP contribution is -2.32. The predicted molar refractivity (Wildman–Crippen MR) is 84.2 cm³/mol. The Morgan fingerprint density at radius 2 is 2.20 bits per heavy atom. The summed E-state index contributed by atoms with van der Waals surface area (Å²) in [5.41, 5.74) is 2.14. The Labute approximate surface area is 125 Å². The van der Waals surface area contributed by atoms with Crippen LogP contribution in [0.3, 0.4) is 0 Å². The monoisotopic (exact) mass is 292 g/mol. The first-order valence-electron chi connectivity index (χ1n) is 7.00. The van der Waals surface area contributed by atoms with Crippen LogP contribution >= 0.6 is 11.6 Å². The fraction of sp³-hybridized carbons (Fsp3) is 0.438. The van der Waals surface area contributed by atoms with Crippen LogP contribution in [0.25, 0.3) is 10.9 Å². The molecule has 2 rings (SSSR count). The van der Waals surface area contributed by atoms with Crippen LogP contribution in [0.2, 0.25) is 5.02 Å². The Bertz CT molecular complexity index is 553. The number of hydrogen-bond acceptors (Lipinski definition) is 3. The molecule has 0 saturated carbocycles. The molecule has 1 unspecified atom stereocenters. The molecule has 0 aliphatic heterocycles. The van der Waals surface area contributed by atoms with E-state index in [1.807, 2.05) is 24.3 Å². The first-order chi connectivity index (χ1) is 9.76. The molecule has 0 radical (unpaired) electrons. The number of methoxy groups -OCH3 is 1. The first-order valence-corrected chi connectivity index (χ1v) is 7.38. The molecule has 1 aromatic carbocycles. The maximum absolute atomic E-state index is 6.21. The molecule has 0 aliphatic carbocycles. The quantitative estimate of drug-likeness (QED) is 0.843. The van der Waals surface area contributed by atoms with Gasteiger partial charge in [0, 0.05) is 36.3 Å². The zero-order valence-electron chi connectivity index (χ0n) is 12.0. The van der Waals surface area contributed by atoms with Gasteiger partial charge in [-0.05, 0) is 30.2 Å². The Morgan fingerprint density at radius 1 is 1.35 bits per heavy atom. The normalized spacial score (nSPS) is 12.8. The number of halogens is 1. The second-order valence-electron chi connectivity index (χ2n) is 4.93. The summed E-state index contributed by atoms with van der Waals surface area (Å²) < 4.78 is 5.25. The van der Waals surface area contributed by atoms with E-state index in [0.29, 0.717) is 6.04 Å². The molecule has 4 heteroatoms. The molecule has 0 spiro atoms. The van der Waals surface area contributed by atoms with Crippen LogP contribution in [0, 0.1) is 0 Å². The largest absolute Gasteiger partial charge is 0.383 e. The summed E-state index contributed by atoms with van der Waals surface area (Å²) in [6.45, 7) is 3.69. The van der Waals surface area contributed by atoms with Gasteiger partial charge >= 0.3 is 0 Å². The van der Waals surface area contributed by atoms with E-state index in [9.17, 15) is 0 Å². The Hall–Kier alpha value is -1.16. The van der Waals surface area contributed by atoms with Crippen LogP contribution in [0.15, 0.2) is 30.5 Å². The standard InChI is InChI=1S/C16H21ClN2O/c1-3-5-13(11-20-2)19-10-12-7-8-15(17)14-6-4-9-18-16(12)14/h4,6-9,13,19H,3,5,10-11H2,1-2H3. The van der Waals surface area contributed by atoms with Crippen LogP contribution < -0.4 is 5.32 Å². The summed E-state index contributed by atoms with van der Waals surface area (Å²) >= 11 is 6.21. The summed E-state index contributed by atoms with van der Waals surface area (Å²) in [6.07, 6.45) is 4.05. The zero-order valence-corrected chi connectivity index (χ0v) is 12.8. The van der Waals surface area contributed by atoms with Crippen molar-refractivity contribution in [3.63, 3.8) is 0 Å². The fourth-order valence-corrected chi connectivity index (χ4v) is 2.60. The molecule has 3 nitrogen and oxygen atoms in total. The van der Waals surface area contributed by atoms with Gasteiger partial charge in [0.15, 0.2) is 0 Å². The summed E-state index contributed by atoms with van der Waals surface area (Å²) in [5, 5.41) is 5.30. The topological polar surface area (TPSA) is 34.1 Å². The molecule has 1 atom stereocenters. The Kier molecular flexibility index (Phi) is 5.77. The number of rotatable bonds is 7. The van der Waals surface area contributed by atoms with Crippen molar-refractivity contribution in [2.24, 2.45) is 0 Å². The number of aromatic nitrogens is 1. The van der Waals surface area contributed by atoms with Crippen LogP contribution in [0.5, 0.6) is 0 Å². The van der Waals surface area contributed by atoms with E-state index < -0.39 is 0 Å². The van der Waals surface area contributed by atoms with Gasteiger partial charge in [-0.1, -0.05) is 31.0 Å². The third kappa shape index (κ3) is 3.69. The molecule has 2 aromatic rings. The molecule has 0 amide bonds. The lowest BCUT2D eigenvalue weighted by atomic mass is 10.1. The van der Waals surface area contributed by atoms with Crippen molar-refractivity contribution in [1.82, 2.24) is 10.3 Å². The van der Waals surface area contributed by atoms with Crippen molar-refractivity contribution in [1.29, 1.82) is 0 Å². The second-order valence-corrected chi connectivity index (χ2v) is 5.34. The van der Waals surface area contributed by atoms with Gasteiger partial charge in [-0.15, -0.1) is 0 Å². The zero-order chi connectivity index (χ0) is 14.4. The van der Waals surface area contributed by atoms with Crippen LogP contribution in [0.1, 0.15) is 25.3 Å². The molecule has 1 heterocycles. The van der Waals surface area contributed by atoms with Crippen molar-refractivity contribution in [3.8, 4) is 0 Å². The number of nitrogens with zero attached hydrogens (tertiary/aromatic N) is 1. The highest BCUT2D eigenvalue weighted by Crippen LogP contribution is 2.24. The van der Waals surface area contributed by atoms with E-state index in [1.54, 1.807) is 13.3 Å². The summed E-state index contributed by atoms with van der Waals surface area (Å²) in [4.78, 5) is 4.46. The molecule has 1 N–H and O–H groups in total. The molecular formula is C16H21ClN2O. The average molecular weight is 293 g/mol. The van der Waals surface area contributed by atoms with E-state index >= 15 is 0 Å². The highest BCUT2D eigenvalue weighted by atomic mass is 35.5. The van der Waals surface area contributed by atoms with Crippen molar-refractivity contribution in [3.05, 3.63) is 41.0 Å². The van der Waals surface area contributed by atoms with E-state index in [4.69, 9.17) is 16.3 Å². The molecule has 0 bridgehead atoms. The van der Waals surface area contributed by atoms with Gasteiger partial charge in [0.05, 0.1) is 12.1 Å². The highest BCUT2D eigenvalue weighted by molar-refractivity contribution is 6.35. The molecular weight excluding hydrogens is 272 g/mol. The van der Waals surface area contributed by atoms with Gasteiger partial charge in [0.2, 0.25) is 0 Å². The molecule has 0 fully saturated rings. The van der Waals surface area contributed by atoms with Crippen molar-refractivity contribution in [2.45, 2.75) is 32.4 Å². The average Bonchev–Trinajstić information content (AvgIpc) is 2.47. The van der Waals surface area contributed by atoms with Gasteiger partial charge in [-0.3, -0.25) is 4.98 Å². The summed E-state index contributed by atoms with van der Waals surface area (Å²) in [6, 6.07) is 8.27. The molecule has 0 aliphatic rings. The van der Waals surface area contributed by atoms with Crippen molar-refractivity contribution < 1.29 is 4.74 Å². The SMILES string of the molecule is CCCC(COC)NCc1ccc(Cl)c2cccnc12. The minimum absolute atomic E-state index is 0.374. The van der Waals surface area contributed by atoms with Gasteiger partial charge in [-0.2, -0.15) is 0 Å². The minimum Gasteiger partial charge on any atom is -0.383 e. The molecule has 20 heavy (non-hydrogen) atoms. The number of pyridine rings is 1. The maximum atomic E-state index is 6.21. The molecule has 108 valence electrons. The van der Waals surface area contributed by atoms with Crippen LogP contribution in [-0.4, -0.2) is 24.7 Å². The van der Waals surface area contributed by atoms with Crippen molar-refractivity contribution >= 4 is 22.5 Å². The van der Waals surface area contributed by atoms with Crippen LogP contribution in [-0.2, 0) is 11.3 Å². The minimum atomic E-state index is 0.374. The van der Waals surface area contributed by atoms with Gasteiger partial charge < -0.3 is 10.1 Å². The highest BCUT2D eigenvalue weighted by Gasteiger charge is 2.09. The number of fused-ring (bicyclic) bond motifs is 1. The lowest BCUT2D eigenvalue weighted by molar-refractivity contribution is 0.161. The van der Waals surface area contributed by atoms with Gasteiger partial charge in [-0.25, -0.2) is 0 Å². The number of ether oxygens (including phenoxy) is 1. The smallest absolute Gasteiger partial charge is 0.0761 e. The maximum Gasteiger partial charge on any atom is 0.0761 e. The van der Waals surface area contributed by atoms with Gasteiger partial charge in [0.1, 0.15) is 0 Å². The van der Waals surface area contributed by atoms with Crippen LogP contribution in [0.4, 0.5) is 0 Å². The van der Waals surface area contributed by atoms with E-state index in [1.165, 1.54) is 5.56 Å².